The van der Waals surface area contributed by atoms with Gasteiger partial charge in [-0.05, 0) is 33.8 Å². The first-order valence-electron chi connectivity index (χ1n) is 6.22. The second-order valence-electron chi connectivity index (χ2n) is 5.62. The lowest BCUT2D eigenvalue weighted by atomic mass is 9.78. The van der Waals surface area contributed by atoms with Crippen LogP contribution < -0.4 is 10.2 Å². The van der Waals surface area contributed by atoms with Crippen molar-refractivity contribution in [2.24, 2.45) is 0 Å². The van der Waals surface area contributed by atoms with E-state index in [0.717, 1.165) is 6.07 Å². The van der Waals surface area contributed by atoms with Crippen LogP contribution >= 0.6 is 0 Å². The first kappa shape index (κ1) is 15.2. The molecule has 0 aliphatic carbocycles. The van der Waals surface area contributed by atoms with Crippen LogP contribution in [0.1, 0.15) is 27.7 Å². The monoisotopic (exact) mass is 288 g/mol. The zero-order chi connectivity index (χ0) is 15.1. The minimum Gasteiger partial charge on any atom is -0.460 e. The van der Waals surface area contributed by atoms with Gasteiger partial charge in [0.05, 0.1) is 11.2 Å². The Hall–Kier alpha value is -1.21. The van der Waals surface area contributed by atoms with Crippen LogP contribution in [0.15, 0.2) is 12.1 Å². The zero-order valence-electron chi connectivity index (χ0n) is 11.8. The van der Waals surface area contributed by atoms with E-state index in [9.17, 15) is 13.2 Å². The molecule has 20 heavy (non-hydrogen) atoms. The molecule has 1 aromatic rings. The van der Waals surface area contributed by atoms with Crippen LogP contribution in [0.3, 0.4) is 0 Å². The molecule has 110 valence electrons. The Balaban J connectivity index is 2.34. The molecule has 7 heteroatoms. The Kier molecular flexibility index (Phi) is 3.77. The van der Waals surface area contributed by atoms with Gasteiger partial charge < -0.3 is 14.0 Å². The van der Waals surface area contributed by atoms with Crippen molar-refractivity contribution in [2.45, 2.75) is 38.9 Å². The highest BCUT2D eigenvalue weighted by molar-refractivity contribution is 6.62. The lowest BCUT2D eigenvalue weighted by molar-refractivity contribution is 0.00578. The van der Waals surface area contributed by atoms with Crippen molar-refractivity contribution >= 4 is 12.6 Å². The van der Waals surface area contributed by atoms with Crippen molar-refractivity contribution in [2.75, 3.05) is 6.86 Å². The largest absolute Gasteiger partial charge is 0.497 e. The van der Waals surface area contributed by atoms with Crippen LogP contribution in [0.2, 0.25) is 0 Å². The van der Waals surface area contributed by atoms with Gasteiger partial charge in [0.2, 0.25) is 6.86 Å². The number of benzene rings is 1. The van der Waals surface area contributed by atoms with Gasteiger partial charge in [0.1, 0.15) is 0 Å². The fourth-order valence-electron chi connectivity index (χ4n) is 1.87. The summed E-state index contributed by atoms with van der Waals surface area (Å²) in [5.41, 5.74) is -1.39. The molecule has 0 bridgehead atoms. The lowest BCUT2D eigenvalue weighted by Gasteiger charge is -2.32. The quantitative estimate of drug-likeness (QED) is 0.800. The highest BCUT2D eigenvalue weighted by Crippen LogP contribution is 2.37. The predicted molar refractivity (Wildman–Crippen MR) is 68.7 cm³/mol. The SMILES string of the molecule is CC1(C)OB(c2ccc(OCF)c(F)c2F)OC1(C)C. The summed E-state index contributed by atoms with van der Waals surface area (Å²) in [6.07, 6.45) is 0. The van der Waals surface area contributed by atoms with E-state index in [4.69, 9.17) is 9.31 Å². The van der Waals surface area contributed by atoms with Gasteiger partial charge in [0.25, 0.3) is 0 Å². The molecule has 0 atom stereocenters. The van der Waals surface area contributed by atoms with Crippen LogP contribution in [0, 0.1) is 11.6 Å². The summed E-state index contributed by atoms with van der Waals surface area (Å²) < 4.78 is 55.4. The van der Waals surface area contributed by atoms with E-state index in [2.05, 4.69) is 4.74 Å². The number of ether oxygens (including phenoxy) is 1. The Morgan fingerprint density at radius 3 is 2.10 bits per heavy atom. The van der Waals surface area contributed by atoms with Crippen LogP contribution in [0.25, 0.3) is 0 Å². The van der Waals surface area contributed by atoms with E-state index in [0.29, 0.717) is 0 Å². The molecule has 1 aromatic carbocycles. The van der Waals surface area contributed by atoms with Crippen LogP contribution in [0.4, 0.5) is 13.2 Å². The molecule has 0 saturated carbocycles. The predicted octanol–water partition coefficient (Wildman–Crippen LogP) is 2.57. The van der Waals surface area contributed by atoms with Gasteiger partial charge in [-0.1, -0.05) is 6.07 Å². The first-order chi connectivity index (χ1) is 9.19. The molecule has 1 heterocycles. The Bertz CT molecular complexity index is 504. The number of hydrogen-bond donors (Lipinski definition) is 0. The third-order valence-electron chi connectivity index (χ3n) is 3.79. The van der Waals surface area contributed by atoms with Crippen LogP contribution in [-0.4, -0.2) is 25.2 Å². The number of rotatable bonds is 3. The van der Waals surface area contributed by atoms with Gasteiger partial charge in [-0.2, -0.15) is 4.39 Å². The van der Waals surface area contributed by atoms with E-state index >= 15 is 0 Å². The molecule has 0 N–H and O–H groups in total. The lowest BCUT2D eigenvalue weighted by Crippen LogP contribution is -2.41. The van der Waals surface area contributed by atoms with E-state index in [1.807, 2.05) is 27.7 Å². The summed E-state index contributed by atoms with van der Waals surface area (Å²) >= 11 is 0. The van der Waals surface area contributed by atoms with Gasteiger partial charge in [-0.3, -0.25) is 0 Å². The summed E-state index contributed by atoms with van der Waals surface area (Å²) in [6.45, 7) is 6.00. The van der Waals surface area contributed by atoms with Gasteiger partial charge in [-0.15, -0.1) is 0 Å². The molecular formula is C13H16BF3O3. The minimum absolute atomic E-state index is 0.0765. The van der Waals surface area contributed by atoms with E-state index in [-0.39, 0.29) is 5.46 Å². The number of hydrogen-bond acceptors (Lipinski definition) is 3. The van der Waals surface area contributed by atoms with E-state index in [1.54, 1.807) is 0 Å². The molecule has 0 radical (unpaired) electrons. The molecule has 0 spiro atoms. The third kappa shape index (κ3) is 2.40. The maximum atomic E-state index is 14.0. The standard InChI is InChI=1S/C13H16BF3O3/c1-12(2)13(3,4)20-14(19-12)8-5-6-9(18-7-15)11(17)10(8)16/h5-6H,7H2,1-4H3. The van der Waals surface area contributed by atoms with Crippen molar-refractivity contribution in [1.82, 2.24) is 0 Å². The van der Waals surface area contributed by atoms with Gasteiger partial charge in [0.15, 0.2) is 17.4 Å². The van der Waals surface area contributed by atoms with Gasteiger partial charge in [0, 0.05) is 5.46 Å². The molecule has 2 rings (SSSR count). The smallest absolute Gasteiger partial charge is 0.460 e. The maximum Gasteiger partial charge on any atom is 0.497 e. The second kappa shape index (κ2) is 4.97. The number of halogens is 3. The highest BCUT2D eigenvalue weighted by Gasteiger charge is 2.52. The molecule has 1 fully saturated rings. The van der Waals surface area contributed by atoms with Crippen molar-refractivity contribution in [1.29, 1.82) is 0 Å². The van der Waals surface area contributed by atoms with Crippen LogP contribution in [-0.2, 0) is 9.31 Å². The van der Waals surface area contributed by atoms with E-state index < -0.39 is 42.6 Å². The first-order valence-corrected chi connectivity index (χ1v) is 6.22. The topological polar surface area (TPSA) is 27.7 Å². The Morgan fingerprint density at radius 1 is 1.05 bits per heavy atom. The highest BCUT2D eigenvalue weighted by atomic mass is 19.2. The molecule has 0 aromatic heterocycles. The normalized spacial score (nSPS) is 20.2. The second-order valence-corrected chi connectivity index (χ2v) is 5.62. The molecule has 3 nitrogen and oxygen atoms in total. The number of alkyl halides is 1. The van der Waals surface area contributed by atoms with Gasteiger partial charge in [-0.25, -0.2) is 8.78 Å². The fraction of sp³-hybridized carbons (Fsp3) is 0.538. The summed E-state index contributed by atoms with van der Waals surface area (Å²) in [6, 6.07) is 2.42. The zero-order valence-corrected chi connectivity index (χ0v) is 11.8. The third-order valence-corrected chi connectivity index (χ3v) is 3.79. The molecule has 1 aliphatic rings. The van der Waals surface area contributed by atoms with Crippen molar-refractivity contribution in [3.8, 4) is 5.75 Å². The minimum atomic E-state index is -1.25. The Labute approximate surface area is 116 Å². The van der Waals surface area contributed by atoms with Crippen molar-refractivity contribution < 1.29 is 27.2 Å². The molecule has 1 aliphatic heterocycles. The molecule has 1 saturated heterocycles. The van der Waals surface area contributed by atoms with Crippen molar-refractivity contribution in [3.05, 3.63) is 23.8 Å². The maximum absolute atomic E-state index is 14.0. The summed E-state index contributed by atoms with van der Waals surface area (Å²) in [5.74, 6) is -2.89. The molecule has 0 amide bonds. The molecule has 0 unspecified atom stereocenters. The summed E-state index contributed by atoms with van der Waals surface area (Å²) in [4.78, 5) is 0. The summed E-state index contributed by atoms with van der Waals surface area (Å²) in [7, 11) is -1.02. The fourth-order valence-corrected chi connectivity index (χ4v) is 1.87. The van der Waals surface area contributed by atoms with Gasteiger partial charge >= 0.3 is 7.12 Å². The van der Waals surface area contributed by atoms with Crippen LogP contribution in [0.5, 0.6) is 5.75 Å². The molecular weight excluding hydrogens is 272 g/mol. The van der Waals surface area contributed by atoms with Crippen molar-refractivity contribution in [3.63, 3.8) is 0 Å². The van der Waals surface area contributed by atoms with E-state index in [1.165, 1.54) is 6.07 Å². The average Bonchev–Trinajstić information content (AvgIpc) is 2.55. The Morgan fingerprint density at radius 2 is 1.60 bits per heavy atom. The average molecular weight is 288 g/mol. The summed E-state index contributed by atoms with van der Waals surface area (Å²) in [5, 5.41) is 0.